The van der Waals surface area contributed by atoms with Crippen molar-refractivity contribution in [3.63, 3.8) is 0 Å². The SMILES string of the molecule is CCOCc1nc2c(N)nc3ccccc3c2n1CC(C)(C)OCCNC(=O)C(C)(C)NC(=O)OCc1ccc(NC(=O)C(CCCNC(N)=O)NC(=O)CNC(=O)CCCCCN2C(=O)C=CC2=O)cc1. The summed E-state index contributed by atoms with van der Waals surface area (Å²) >= 11 is 0. The number of amides is 9. The highest BCUT2D eigenvalue weighted by molar-refractivity contribution is 6.13. The van der Waals surface area contributed by atoms with Gasteiger partial charge in [0.15, 0.2) is 5.82 Å². The van der Waals surface area contributed by atoms with Gasteiger partial charge in [0, 0.05) is 55.9 Å². The third-order valence-corrected chi connectivity index (χ3v) is 11.4. The highest BCUT2D eigenvalue weighted by Gasteiger charge is 2.31. The number of rotatable bonds is 28. The monoisotopic (exact) mass is 998 g/mol. The van der Waals surface area contributed by atoms with Crippen molar-refractivity contribution in [3.05, 3.63) is 72.1 Å². The molecule has 0 spiro atoms. The summed E-state index contributed by atoms with van der Waals surface area (Å²) in [5.41, 5.74) is 12.5. The lowest BCUT2D eigenvalue weighted by Crippen LogP contribution is -2.55. The number of nitrogens with zero attached hydrogens (tertiary/aromatic N) is 4. The molecule has 0 saturated carbocycles. The van der Waals surface area contributed by atoms with Gasteiger partial charge in [-0.25, -0.2) is 19.6 Å². The first-order chi connectivity index (χ1) is 34.3. The Balaban J connectivity index is 1.03. The van der Waals surface area contributed by atoms with Gasteiger partial charge in [0.25, 0.3) is 11.8 Å². The first-order valence-corrected chi connectivity index (χ1v) is 23.8. The number of primary amides is 1. The van der Waals surface area contributed by atoms with Gasteiger partial charge in [-0.05, 0) is 84.1 Å². The second-order valence-corrected chi connectivity index (χ2v) is 18.1. The zero-order valence-electron chi connectivity index (χ0n) is 41.4. The molecule has 0 saturated heterocycles. The zero-order valence-corrected chi connectivity index (χ0v) is 41.4. The maximum Gasteiger partial charge on any atom is 0.408 e. The van der Waals surface area contributed by atoms with Crippen LogP contribution in [-0.4, -0.2) is 124 Å². The lowest BCUT2D eigenvalue weighted by molar-refractivity contribution is -0.137. The molecule has 23 nitrogen and oxygen atoms in total. The van der Waals surface area contributed by atoms with E-state index in [1.165, 1.54) is 26.0 Å². The molecule has 4 aromatic rings. The van der Waals surface area contributed by atoms with Gasteiger partial charge >= 0.3 is 12.1 Å². The summed E-state index contributed by atoms with van der Waals surface area (Å²) in [6, 6.07) is 12.3. The van der Waals surface area contributed by atoms with Crippen molar-refractivity contribution < 1.29 is 52.6 Å². The topological polar surface area (TPSA) is 322 Å². The van der Waals surface area contributed by atoms with Crippen molar-refractivity contribution >= 4 is 81.0 Å². The summed E-state index contributed by atoms with van der Waals surface area (Å²) in [6.45, 7) is 10.2. The molecule has 2 aromatic heterocycles. The lowest BCUT2D eigenvalue weighted by Gasteiger charge is -2.28. The minimum Gasteiger partial charge on any atom is -0.445 e. The summed E-state index contributed by atoms with van der Waals surface area (Å²) in [4.78, 5) is 110. The molecule has 1 aliphatic rings. The summed E-state index contributed by atoms with van der Waals surface area (Å²) in [6.07, 6.45) is 3.70. The number of carbonyl (C=O) groups is 8. The third-order valence-electron chi connectivity index (χ3n) is 11.4. The van der Waals surface area contributed by atoms with Gasteiger partial charge in [0.05, 0.1) is 36.3 Å². The molecular weight excluding hydrogens is 933 g/mol. The number of nitrogens with two attached hydrogens (primary N) is 2. The minimum atomic E-state index is -1.35. The van der Waals surface area contributed by atoms with E-state index in [0.717, 1.165) is 21.3 Å². The van der Waals surface area contributed by atoms with E-state index in [1.54, 1.807) is 24.3 Å². The molecule has 388 valence electrons. The molecule has 23 heteroatoms. The van der Waals surface area contributed by atoms with Gasteiger partial charge in [0.1, 0.15) is 36.1 Å². The molecule has 0 fully saturated rings. The van der Waals surface area contributed by atoms with Gasteiger partial charge in [-0.3, -0.25) is 33.7 Å². The number of ether oxygens (including phenoxy) is 3. The molecule has 10 N–H and O–H groups in total. The average molecular weight is 999 g/mol. The van der Waals surface area contributed by atoms with Crippen LogP contribution >= 0.6 is 0 Å². The number of anilines is 2. The Morgan fingerprint density at radius 3 is 2.25 bits per heavy atom. The Morgan fingerprint density at radius 2 is 1.54 bits per heavy atom. The number of hydrogen-bond donors (Lipinski definition) is 8. The van der Waals surface area contributed by atoms with Gasteiger partial charge in [-0.2, -0.15) is 0 Å². The van der Waals surface area contributed by atoms with Crippen LogP contribution in [0.4, 0.5) is 21.1 Å². The summed E-state index contributed by atoms with van der Waals surface area (Å²) in [5, 5.41) is 16.6. The number of fused-ring (bicyclic) bond motifs is 3. The predicted molar refractivity (Wildman–Crippen MR) is 266 cm³/mol. The molecule has 1 unspecified atom stereocenters. The number of alkyl carbamates (subject to hydrolysis) is 1. The van der Waals surface area contributed by atoms with E-state index in [4.69, 9.17) is 30.7 Å². The first kappa shape index (κ1) is 55.3. The molecule has 2 aromatic carbocycles. The van der Waals surface area contributed by atoms with E-state index in [9.17, 15) is 38.4 Å². The second-order valence-electron chi connectivity index (χ2n) is 18.1. The van der Waals surface area contributed by atoms with Crippen LogP contribution in [0, 0.1) is 0 Å². The number of urea groups is 1. The van der Waals surface area contributed by atoms with Crippen molar-refractivity contribution in [2.75, 3.05) is 50.4 Å². The number of pyridine rings is 1. The predicted octanol–water partition coefficient (Wildman–Crippen LogP) is 2.79. The maximum absolute atomic E-state index is 13.3. The van der Waals surface area contributed by atoms with Crippen LogP contribution in [0.1, 0.15) is 84.5 Å². The smallest absolute Gasteiger partial charge is 0.408 e. The summed E-state index contributed by atoms with van der Waals surface area (Å²) < 4.78 is 19.4. The molecule has 0 radical (unpaired) electrons. The molecule has 0 aliphatic carbocycles. The highest BCUT2D eigenvalue weighted by Crippen LogP contribution is 2.31. The van der Waals surface area contributed by atoms with Crippen molar-refractivity contribution in [3.8, 4) is 0 Å². The normalized spacial score (nSPS) is 13.0. The number of nitrogen functional groups attached to an aromatic ring is 1. The van der Waals surface area contributed by atoms with Crippen LogP contribution in [0.2, 0.25) is 0 Å². The fourth-order valence-electron chi connectivity index (χ4n) is 7.61. The van der Waals surface area contributed by atoms with Crippen LogP contribution in [0.3, 0.4) is 0 Å². The molecule has 5 rings (SSSR count). The largest absolute Gasteiger partial charge is 0.445 e. The number of aromatic nitrogens is 3. The van der Waals surface area contributed by atoms with Gasteiger partial charge in [0.2, 0.25) is 23.6 Å². The van der Waals surface area contributed by atoms with Crippen molar-refractivity contribution in [1.29, 1.82) is 0 Å². The Morgan fingerprint density at radius 1 is 0.819 bits per heavy atom. The van der Waals surface area contributed by atoms with Crippen molar-refractivity contribution in [2.45, 2.75) is 110 Å². The van der Waals surface area contributed by atoms with Gasteiger partial charge < -0.3 is 62.1 Å². The van der Waals surface area contributed by atoms with E-state index in [1.807, 2.05) is 49.6 Å². The number of nitrogens with one attached hydrogen (secondary N) is 6. The number of hydrogen-bond acceptors (Lipinski definition) is 14. The lowest BCUT2D eigenvalue weighted by atomic mass is 10.1. The average Bonchev–Trinajstić information content (AvgIpc) is 3.86. The van der Waals surface area contributed by atoms with Crippen molar-refractivity contribution in [2.24, 2.45) is 5.73 Å². The fraction of sp³-hybridized carbons (Fsp3) is 0.469. The van der Waals surface area contributed by atoms with E-state index >= 15 is 0 Å². The molecular formula is C49H66N12O11. The molecule has 0 bridgehead atoms. The molecule has 1 aliphatic heterocycles. The number of benzene rings is 2. The highest BCUT2D eigenvalue weighted by atomic mass is 16.5. The maximum atomic E-state index is 13.3. The van der Waals surface area contributed by atoms with E-state index in [2.05, 4.69) is 36.9 Å². The number of para-hydroxylation sites is 1. The number of imide groups is 1. The van der Waals surface area contributed by atoms with E-state index < -0.39 is 47.0 Å². The van der Waals surface area contributed by atoms with Crippen molar-refractivity contribution in [1.82, 2.24) is 46.0 Å². The fourth-order valence-corrected chi connectivity index (χ4v) is 7.61. The molecule has 3 heterocycles. The van der Waals surface area contributed by atoms with Crippen LogP contribution in [0.5, 0.6) is 0 Å². The Bertz CT molecular complexity index is 2610. The Labute approximate surface area is 416 Å². The van der Waals surface area contributed by atoms with Crippen LogP contribution in [0.15, 0.2) is 60.7 Å². The molecule has 72 heavy (non-hydrogen) atoms. The van der Waals surface area contributed by atoms with Gasteiger partial charge in [-0.1, -0.05) is 36.8 Å². The third kappa shape index (κ3) is 16.5. The van der Waals surface area contributed by atoms with Gasteiger partial charge in [-0.15, -0.1) is 0 Å². The van der Waals surface area contributed by atoms with Crippen LogP contribution < -0.4 is 43.4 Å². The van der Waals surface area contributed by atoms with Crippen LogP contribution in [0.25, 0.3) is 21.9 Å². The number of imidazole rings is 1. The zero-order chi connectivity index (χ0) is 52.4. The standard InChI is InChI=1S/C49H66N12O11/c1-6-70-29-36-58-41-42(33-13-9-10-14-34(33)57-43(41)50)61(36)30-48(2,3)72-26-24-52-45(67)49(4,5)59-47(69)71-28-31-17-19-32(20-18-31)55-44(66)35(15-12-23-53-46(51)68)56-38(63)27-54-37(62)16-8-7-11-25-60-39(64)21-22-40(60)65/h9-10,13-14,17-22,35H,6-8,11-12,15-16,23-30H2,1-5H3,(H2,50,57)(H,52,67)(H,54,62)(H,55,66)(H,56,63)(H,59,69)(H3,51,53,68). The van der Waals surface area contributed by atoms with E-state index in [0.29, 0.717) is 60.8 Å². The summed E-state index contributed by atoms with van der Waals surface area (Å²) in [5.74, 6) is -1.76. The van der Waals surface area contributed by atoms with Crippen LogP contribution in [-0.2, 0) is 62.7 Å². The Hall–Kier alpha value is -7.66. The first-order valence-electron chi connectivity index (χ1n) is 23.8. The van der Waals surface area contributed by atoms with E-state index in [-0.39, 0.29) is 83.0 Å². The molecule has 1 atom stereocenters. The summed E-state index contributed by atoms with van der Waals surface area (Å²) in [7, 11) is 0. The minimum absolute atomic E-state index is 0.117. The number of unbranched alkanes of at least 4 members (excludes halogenated alkanes) is 2. The quantitative estimate of drug-likeness (QED) is 0.0300. The Kier molecular flexibility index (Phi) is 19.9. The second kappa shape index (κ2) is 26.0. The number of carbonyl (C=O) groups excluding carboxylic acids is 8. The molecule has 9 amide bonds.